The number of methoxy groups -OCH3 is 1. The molecule has 0 saturated heterocycles. The molecule has 0 aliphatic rings. The molecule has 0 bridgehead atoms. The van der Waals surface area contributed by atoms with Crippen LogP contribution in [0.5, 0.6) is 0 Å². The summed E-state index contributed by atoms with van der Waals surface area (Å²) in [6, 6.07) is 13.6. The van der Waals surface area contributed by atoms with E-state index < -0.39 is 0 Å². The quantitative estimate of drug-likeness (QED) is 0.405. The maximum absolute atomic E-state index is 12.8. The van der Waals surface area contributed by atoms with Crippen LogP contribution >= 0.6 is 23.1 Å². The standard InChI is InChI=1S/C22H24N2O3S2/c1-4-5-7-15-10-11-18-19(12-15)29-22(24(18)14-20(25)27-2)23-21(26)16-8-6-9-17(13-16)28-3/h6,8-13H,4-5,7,14H2,1-3H3. The largest absolute Gasteiger partial charge is 0.468 e. The molecule has 5 nitrogen and oxygen atoms in total. The Hall–Kier alpha value is -2.38. The highest BCUT2D eigenvalue weighted by molar-refractivity contribution is 7.98. The fourth-order valence-electron chi connectivity index (χ4n) is 2.99. The number of ether oxygens (including phenoxy) is 1. The Kier molecular flexibility index (Phi) is 7.28. The topological polar surface area (TPSA) is 60.7 Å². The molecule has 2 aromatic carbocycles. The average Bonchev–Trinajstić information content (AvgIpc) is 3.08. The summed E-state index contributed by atoms with van der Waals surface area (Å²) in [4.78, 5) is 30.6. The van der Waals surface area contributed by atoms with E-state index in [-0.39, 0.29) is 18.4 Å². The predicted molar refractivity (Wildman–Crippen MR) is 119 cm³/mol. The molecule has 0 N–H and O–H groups in total. The van der Waals surface area contributed by atoms with Gasteiger partial charge in [0.2, 0.25) is 0 Å². The smallest absolute Gasteiger partial charge is 0.325 e. The molecule has 29 heavy (non-hydrogen) atoms. The minimum Gasteiger partial charge on any atom is -0.468 e. The maximum Gasteiger partial charge on any atom is 0.325 e. The number of fused-ring (bicyclic) bond motifs is 1. The number of carbonyl (C=O) groups excluding carboxylic acids is 2. The zero-order chi connectivity index (χ0) is 20.8. The third kappa shape index (κ3) is 5.16. The van der Waals surface area contributed by atoms with E-state index in [0.29, 0.717) is 10.4 Å². The molecule has 0 radical (unpaired) electrons. The number of benzene rings is 2. The summed E-state index contributed by atoms with van der Waals surface area (Å²) in [5, 5.41) is 0. The Bertz CT molecular complexity index is 1100. The van der Waals surface area contributed by atoms with Gasteiger partial charge in [-0.2, -0.15) is 4.99 Å². The first kappa shape index (κ1) is 21.3. The molecule has 152 valence electrons. The van der Waals surface area contributed by atoms with Crippen LogP contribution in [0.15, 0.2) is 52.4 Å². The van der Waals surface area contributed by atoms with Crippen molar-refractivity contribution in [3.8, 4) is 0 Å². The van der Waals surface area contributed by atoms with Crippen LogP contribution in [-0.2, 0) is 22.5 Å². The van der Waals surface area contributed by atoms with E-state index in [1.54, 1.807) is 22.4 Å². The molecule has 3 rings (SSSR count). The predicted octanol–water partition coefficient (Wildman–Crippen LogP) is 4.68. The van der Waals surface area contributed by atoms with Crippen LogP contribution in [0.25, 0.3) is 10.2 Å². The third-order valence-electron chi connectivity index (χ3n) is 4.59. The summed E-state index contributed by atoms with van der Waals surface area (Å²) in [5.74, 6) is -0.699. The van der Waals surface area contributed by atoms with Crippen molar-refractivity contribution in [2.75, 3.05) is 13.4 Å². The van der Waals surface area contributed by atoms with E-state index in [1.807, 2.05) is 30.5 Å². The van der Waals surface area contributed by atoms with Crippen LogP contribution in [0, 0.1) is 0 Å². The second kappa shape index (κ2) is 9.89. The lowest BCUT2D eigenvalue weighted by atomic mass is 10.1. The van der Waals surface area contributed by atoms with E-state index in [2.05, 4.69) is 24.0 Å². The van der Waals surface area contributed by atoms with Gasteiger partial charge in [-0.3, -0.25) is 9.59 Å². The Morgan fingerprint density at radius 2 is 2.03 bits per heavy atom. The maximum atomic E-state index is 12.8. The highest BCUT2D eigenvalue weighted by Gasteiger charge is 2.13. The molecule has 0 unspecified atom stereocenters. The molecule has 0 aliphatic carbocycles. The van der Waals surface area contributed by atoms with Crippen molar-refractivity contribution in [1.82, 2.24) is 4.57 Å². The first-order valence-electron chi connectivity index (χ1n) is 9.48. The van der Waals surface area contributed by atoms with E-state index in [0.717, 1.165) is 34.4 Å². The fourth-order valence-corrected chi connectivity index (χ4v) is 4.54. The van der Waals surface area contributed by atoms with Gasteiger partial charge < -0.3 is 9.30 Å². The van der Waals surface area contributed by atoms with Gasteiger partial charge in [0.15, 0.2) is 4.80 Å². The molecule has 1 aromatic heterocycles. The Labute approximate surface area is 178 Å². The lowest BCUT2D eigenvalue weighted by Crippen LogP contribution is -2.22. The van der Waals surface area contributed by atoms with Crippen molar-refractivity contribution in [2.24, 2.45) is 4.99 Å². The van der Waals surface area contributed by atoms with Crippen molar-refractivity contribution >= 4 is 45.2 Å². The SMILES string of the molecule is CCCCc1ccc2c(c1)sc(=NC(=O)c1cccc(SC)c1)n2CC(=O)OC. The molecule has 0 spiro atoms. The van der Waals surface area contributed by atoms with E-state index in [9.17, 15) is 9.59 Å². The monoisotopic (exact) mass is 428 g/mol. The molecule has 0 saturated carbocycles. The second-order valence-electron chi connectivity index (χ2n) is 6.60. The highest BCUT2D eigenvalue weighted by Crippen LogP contribution is 2.21. The Balaban J connectivity index is 2.08. The zero-order valence-corrected chi connectivity index (χ0v) is 18.4. The van der Waals surface area contributed by atoms with Gasteiger partial charge in [-0.1, -0.05) is 36.8 Å². The number of rotatable bonds is 7. The molecule has 1 amide bonds. The van der Waals surface area contributed by atoms with Crippen LogP contribution in [0.4, 0.5) is 0 Å². The number of hydrogen-bond donors (Lipinski definition) is 0. The molecular formula is C22H24N2O3S2. The van der Waals surface area contributed by atoms with Gasteiger partial charge in [0.25, 0.3) is 5.91 Å². The lowest BCUT2D eigenvalue weighted by molar-refractivity contribution is -0.141. The lowest BCUT2D eigenvalue weighted by Gasteiger charge is -2.05. The highest BCUT2D eigenvalue weighted by atomic mass is 32.2. The number of esters is 1. The number of aromatic nitrogens is 1. The number of thiazole rings is 1. The second-order valence-corrected chi connectivity index (χ2v) is 8.49. The zero-order valence-electron chi connectivity index (χ0n) is 16.8. The number of carbonyl (C=O) groups is 2. The summed E-state index contributed by atoms with van der Waals surface area (Å²) in [7, 11) is 1.36. The van der Waals surface area contributed by atoms with E-state index in [4.69, 9.17) is 4.74 Å². The van der Waals surface area contributed by atoms with Gasteiger partial charge in [-0.25, -0.2) is 0 Å². The van der Waals surface area contributed by atoms with E-state index >= 15 is 0 Å². The van der Waals surface area contributed by atoms with Crippen LogP contribution in [0.2, 0.25) is 0 Å². The summed E-state index contributed by atoms with van der Waals surface area (Å²) in [6.07, 6.45) is 5.23. The number of unbranched alkanes of at least 4 members (excludes halogenated alkanes) is 1. The van der Waals surface area contributed by atoms with Gasteiger partial charge in [0, 0.05) is 10.5 Å². The molecule has 0 fully saturated rings. The van der Waals surface area contributed by atoms with Gasteiger partial charge in [-0.05, 0) is 55.0 Å². The normalized spacial score (nSPS) is 11.8. The Morgan fingerprint density at radius 3 is 2.76 bits per heavy atom. The Morgan fingerprint density at radius 1 is 1.21 bits per heavy atom. The summed E-state index contributed by atoms with van der Waals surface area (Å²) < 4.78 is 7.60. The van der Waals surface area contributed by atoms with Crippen LogP contribution < -0.4 is 4.80 Å². The van der Waals surface area contributed by atoms with Crippen molar-refractivity contribution < 1.29 is 14.3 Å². The van der Waals surface area contributed by atoms with Crippen LogP contribution in [-0.4, -0.2) is 29.8 Å². The number of nitrogens with zero attached hydrogens (tertiary/aromatic N) is 2. The fraction of sp³-hybridized carbons (Fsp3) is 0.318. The van der Waals surface area contributed by atoms with Crippen LogP contribution in [0.3, 0.4) is 0 Å². The summed E-state index contributed by atoms with van der Waals surface area (Å²) in [6.45, 7) is 2.18. The number of aryl methyl sites for hydroxylation is 1. The van der Waals surface area contributed by atoms with Gasteiger partial charge >= 0.3 is 5.97 Å². The summed E-state index contributed by atoms with van der Waals surface area (Å²) in [5.41, 5.74) is 2.66. The number of hydrogen-bond acceptors (Lipinski definition) is 5. The molecular weight excluding hydrogens is 404 g/mol. The molecule has 1 heterocycles. The van der Waals surface area contributed by atoms with Crippen molar-refractivity contribution in [3.63, 3.8) is 0 Å². The van der Waals surface area contributed by atoms with E-state index in [1.165, 1.54) is 24.0 Å². The van der Waals surface area contributed by atoms with Crippen LogP contribution in [0.1, 0.15) is 35.7 Å². The van der Waals surface area contributed by atoms with Crippen molar-refractivity contribution in [2.45, 2.75) is 37.6 Å². The summed E-state index contributed by atoms with van der Waals surface area (Å²) >= 11 is 2.99. The molecule has 7 heteroatoms. The minimum atomic E-state index is -0.377. The van der Waals surface area contributed by atoms with Gasteiger partial charge in [0.1, 0.15) is 6.54 Å². The van der Waals surface area contributed by atoms with Gasteiger partial charge in [-0.15, -0.1) is 11.8 Å². The third-order valence-corrected chi connectivity index (χ3v) is 6.36. The first-order chi connectivity index (χ1) is 14.0. The first-order valence-corrected chi connectivity index (χ1v) is 11.5. The molecule has 3 aromatic rings. The van der Waals surface area contributed by atoms with Crippen molar-refractivity contribution in [1.29, 1.82) is 0 Å². The number of thioether (sulfide) groups is 1. The average molecular weight is 429 g/mol. The molecule has 0 atom stereocenters. The molecule has 0 aliphatic heterocycles. The number of amides is 1. The van der Waals surface area contributed by atoms with Gasteiger partial charge in [0.05, 0.1) is 17.3 Å². The minimum absolute atomic E-state index is 0.0156. The van der Waals surface area contributed by atoms with Crippen molar-refractivity contribution in [3.05, 3.63) is 58.4 Å².